The van der Waals surface area contributed by atoms with E-state index < -0.39 is 18.0 Å². The van der Waals surface area contributed by atoms with Gasteiger partial charge in [-0.25, -0.2) is 14.8 Å². The van der Waals surface area contributed by atoms with Gasteiger partial charge in [0, 0.05) is 54.3 Å². The Morgan fingerprint density at radius 1 is 0.985 bits per heavy atom. The number of Topliss-reactive ketones (excluding diaryl/α,β-unsaturated/α-hetero) is 1. The summed E-state index contributed by atoms with van der Waals surface area (Å²) in [6.45, 7) is 6.86. The van der Waals surface area contributed by atoms with Crippen LogP contribution in [0, 0.1) is 54.8 Å². The van der Waals surface area contributed by atoms with Crippen molar-refractivity contribution < 1.29 is 47.9 Å². The maximum absolute atomic E-state index is 13.9. The van der Waals surface area contributed by atoms with Gasteiger partial charge in [-0.1, -0.05) is 38.3 Å². The summed E-state index contributed by atoms with van der Waals surface area (Å²) in [5.41, 5.74) is 6.06. The van der Waals surface area contributed by atoms with E-state index in [0.29, 0.717) is 66.8 Å². The Morgan fingerprint density at radius 3 is 2.51 bits per heavy atom. The average Bonchev–Trinajstić information content (AvgIpc) is 4.01. The predicted octanol–water partition coefficient (Wildman–Crippen LogP) is 9.54. The Hall–Kier alpha value is -5.01. The van der Waals surface area contributed by atoms with Crippen LogP contribution in [0.3, 0.4) is 0 Å². The van der Waals surface area contributed by atoms with Crippen LogP contribution in [0.15, 0.2) is 42.7 Å². The standard InChI is InChI=1S/C27H32N2O5.C25H34ClFN2O4S/c1-17-12-26(29-18(2)23(17)10-11-30)34-16-24-21(6-8-25(24)31)14-19-4-5-22(15-28)20(13-19)7-9-27(32)33-3;1-3-4-5-8-21(30)17-12-18(14-28-13-17)33-15-19-16(10-11-20(19)26)7-6-9-22-29-24(27)23(34-22)25(31)32-2/h4-5,12-13,21,24,30H,6-11,14,16H2,1-3H3;12-14,16,19-21,30H,3-11,15H2,1-2H3/t21-,24-;16-,19+,20?,21?/m10/s1. The van der Waals surface area contributed by atoms with Crippen molar-refractivity contribution in [2.45, 2.75) is 129 Å². The van der Waals surface area contributed by atoms with Crippen molar-refractivity contribution in [1.29, 1.82) is 5.26 Å². The average molecular weight is 978 g/mol. The first-order chi connectivity index (χ1) is 32.8. The molecule has 0 aliphatic heterocycles. The van der Waals surface area contributed by atoms with E-state index in [4.69, 9.17) is 25.8 Å². The quantitative estimate of drug-likeness (QED) is 0.0406. The van der Waals surface area contributed by atoms with Crippen molar-refractivity contribution >= 4 is 40.7 Å². The molecule has 68 heavy (non-hydrogen) atoms. The van der Waals surface area contributed by atoms with Crippen LogP contribution in [0.2, 0.25) is 0 Å². The van der Waals surface area contributed by atoms with E-state index in [2.05, 4.69) is 32.7 Å². The lowest BCUT2D eigenvalue weighted by molar-refractivity contribution is -0.140. The second-order valence-electron chi connectivity index (χ2n) is 17.8. The molecule has 3 heterocycles. The zero-order valence-corrected chi connectivity index (χ0v) is 41.5. The topological polar surface area (TPSA) is 191 Å². The van der Waals surface area contributed by atoms with Crippen molar-refractivity contribution in [2.75, 3.05) is 34.0 Å². The van der Waals surface area contributed by atoms with Gasteiger partial charge in [-0.3, -0.25) is 14.6 Å². The predicted molar refractivity (Wildman–Crippen MR) is 257 cm³/mol. The molecule has 2 aliphatic rings. The summed E-state index contributed by atoms with van der Waals surface area (Å²) in [4.78, 5) is 48.3. The number of carbonyl (C=O) groups is 3. The van der Waals surface area contributed by atoms with E-state index in [1.807, 2.05) is 38.1 Å². The number of thiazole rings is 1. The summed E-state index contributed by atoms with van der Waals surface area (Å²) >= 11 is 7.67. The molecule has 368 valence electrons. The van der Waals surface area contributed by atoms with Crippen molar-refractivity contribution in [2.24, 2.45) is 23.7 Å². The first kappa shape index (κ1) is 53.9. The number of aromatic nitrogens is 3. The maximum atomic E-state index is 13.9. The molecule has 2 aliphatic carbocycles. The highest BCUT2D eigenvalue weighted by Gasteiger charge is 2.36. The van der Waals surface area contributed by atoms with Crippen molar-refractivity contribution in [3.05, 3.63) is 97.6 Å². The molecule has 0 saturated heterocycles. The fourth-order valence-corrected chi connectivity index (χ4v) is 10.6. The molecule has 3 aromatic heterocycles. The number of nitrogens with zero attached hydrogens (tertiary/aromatic N) is 4. The molecule has 6 rings (SSSR count). The molecule has 0 spiro atoms. The first-order valence-corrected chi connectivity index (χ1v) is 25.0. The van der Waals surface area contributed by atoms with Gasteiger partial charge in [0.1, 0.15) is 11.5 Å². The number of esters is 2. The van der Waals surface area contributed by atoms with Gasteiger partial charge < -0.3 is 29.2 Å². The highest BCUT2D eigenvalue weighted by Crippen LogP contribution is 2.40. The molecule has 13 nitrogen and oxygen atoms in total. The van der Waals surface area contributed by atoms with Crippen LogP contribution in [0.1, 0.15) is 137 Å². The number of halogens is 2. The smallest absolute Gasteiger partial charge is 0.352 e. The van der Waals surface area contributed by atoms with Crippen LogP contribution in [0.25, 0.3) is 0 Å². The minimum atomic E-state index is -0.758. The molecule has 2 unspecified atom stereocenters. The SMILES string of the molecule is CCCCCC(O)c1cncc(OC[C@H]2C(Cl)CC[C@@H]2CCCc2nc(F)c(C(=O)OC)s2)c1.COC(=O)CCc1cc(C[C@H]2CCC(=O)[C@@H]2COc2cc(C)c(CCO)c(C)n2)ccc1C#N. The molecule has 16 heteroatoms. The van der Waals surface area contributed by atoms with Gasteiger partial charge in [0.25, 0.3) is 0 Å². The monoisotopic (exact) mass is 976 g/mol. The van der Waals surface area contributed by atoms with Crippen molar-refractivity contribution in [3.8, 4) is 17.7 Å². The summed E-state index contributed by atoms with van der Waals surface area (Å²) in [6, 6.07) is 11.6. The van der Waals surface area contributed by atoms with Crippen molar-refractivity contribution in [1.82, 2.24) is 15.0 Å². The number of hydrogen-bond acceptors (Lipinski definition) is 14. The largest absolute Gasteiger partial charge is 0.492 e. The van der Waals surface area contributed by atoms with E-state index in [1.165, 1.54) is 14.2 Å². The third kappa shape index (κ3) is 15.5. The number of methoxy groups -OCH3 is 2. The molecule has 0 bridgehead atoms. The number of unbranched alkanes of at least 4 members (excludes halogenated alkanes) is 2. The second kappa shape index (κ2) is 27.2. The summed E-state index contributed by atoms with van der Waals surface area (Å²) in [5, 5.41) is 29.7. The molecule has 2 fully saturated rings. The number of alkyl halides is 1. The molecule has 4 aromatic rings. The molecule has 1 aromatic carbocycles. The van der Waals surface area contributed by atoms with E-state index in [1.54, 1.807) is 18.5 Å². The number of ether oxygens (including phenoxy) is 4. The fraction of sp³-hybridized carbons (Fsp3) is 0.558. The maximum Gasteiger partial charge on any atom is 0.352 e. The van der Waals surface area contributed by atoms with Gasteiger partial charge in [-0.05, 0) is 124 Å². The van der Waals surface area contributed by atoms with Crippen LogP contribution in [-0.4, -0.2) is 82.3 Å². The molecular weight excluding hydrogens is 911 g/mol. The molecule has 0 amide bonds. The first-order valence-electron chi connectivity index (χ1n) is 23.7. The highest BCUT2D eigenvalue weighted by atomic mass is 35.5. The number of aliphatic hydroxyl groups is 2. The van der Waals surface area contributed by atoms with Crippen LogP contribution in [0.5, 0.6) is 11.6 Å². The number of hydrogen-bond donors (Lipinski definition) is 2. The third-order valence-electron chi connectivity index (χ3n) is 13.2. The Bertz CT molecular complexity index is 2320. The Kier molecular flexibility index (Phi) is 21.6. The highest BCUT2D eigenvalue weighted by molar-refractivity contribution is 7.13. The summed E-state index contributed by atoms with van der Waals surface area (Å²) in [5.74, 6) is 0.137. The molecule has 6 atom stereocenters. The summed E-state index contributed by atoms with van der Waals surface area (Å²) in [6.07, 6.45) is 14.3. The minimum Gasteiger partial charge on any atom is -0.492 e. The van der Waals surface area contributed by atoms with Crippen LogP contribution in [0.4, 0.5) is 4.39 Å². The Labute approximate surface area is 408 Å². The van der Waals surface area contributed by atoms with E-state index in [-0.39, 0.29) is 59.4 Å². The number of rotatable bonds is 23. The number of aryl methyl sites for hydroxylation is 4. The van der Waals surface area contributed by atoms with Crippen LogP contribution in [-0.2, 0) is 44.7 Å². The van der Waals surface area contributed by atoms with Gasteiger partial charge in [0.2, 0.25) is 11.8 Å². The third-order valence-corrected chi connectivity index (χ3v) is 14.8. The fourth-order valence-electron chi connectivity index (χ4n) is 9.27. The zero-order chi connectivity index (χ0) is 49.2. The van der Waals surface area contributed by atoms with Gasteiger partial charge in [0.15, 0.2) is 4.88 Å². The van der Waals surface area contributed by atoms with E-state index >= 15 is 0 Å². The molecule has 2 saturated carbocycles. The Balaban J connectivity index is 0.000000254. The van der Waals surface area contributed by atoms with Crippen molar-refractivity contribution in [3.63, 3.8) is 0 Å². The zero-order valence-electron chi connectivity index (χ0n) is 39.9. The van der Waals surface area contributed by atoms with Crippen LogP contribution < -0.4 is 9.47 Å². The van der Waals surface area contributed by atoms with Gasteiger partial charge in [-0.2, -0.15) is 9.65 Å². The van der Waals surface area contributed by atoms with Gasteiger partial charge >= 0.3 is 11.9 Å². The minimum absolute atomic E-state index is 0.0454. The molecule has 0 radical (unpaired) electrons. The number of aliphatic hydroxyl groups excluding tert-OH is 2. The van der Waals surface area contributed by atoms with Crippen LogP contribution >= 0.6 is 22.9 Å². The number of nitriles is 1. The molecule has 2 N–H and O–H groups in total. The number of carbonyl (C=O) groups excluding carboxylic acids is 3. The lowest BCUT2D eigenvalue weighted by Crippen LogP contribution is -2.24. The lowest BCUT2D eigenvalue weighted by Gasteiger charge is -2.22. The van der Waals surface area contributed by atoms with Gasteiger partial charge in [-0.15, -0.1) is 22.9 Å². The lowest BCUT2D eigenvalue weighted by atomic mass is 9.88. The Morgan fingerprint density at radius 2 is 1.79 bits per heavy atom. The molecular formula is C52H66ClFN4O9S. The second-order valence-corrected chi connectivity index (χ2v) is 19.4. The van der Waals surface area contributed by atoms with E-state index in [9.17, 15) is 34.2 Å². The number of benzene rings is 1. The number of ketones is 1. The normalized spacial score (nSPS) is 19.2. The van der Waals surface area contributed by atoms with E-state index in [0.717, 1.165) is 103 Å². The number of pyridine rings is 2. The summed E-state index contributed by atoms with van der Waals surface area (Å²) < 4.78 is 35.2. The summed E-state index contributed by atoms with van der Waals surface area (Å²) in [7, 11) is 2.58. The van der Waals surface area contributed by atoms with Gasteiger partial charge in [0.05, 0.1) is 62.3 Å².